The highest BCUT2D eigenvalue weighted by molar-refractivity contribution is 5.77. The molecule has 0 aliphatic heterocycles. The third-order valence-corrected chi connectivity index (χ3v) is 2.05. The van der Waals surface area contributed by atoms with Gasteiger partial charge in [-0.05, 0) is 6.42 Å². The van der Waals surface area contributed by atoms with Crippen LogP contribution in [0.5, 0.6) is 0 Å². The van der Waals surface area contributed by atoms with Crippen molar-refractivity contribution in [1.82, 2.24) is 15.0 Å². The van der Waals surface area contributed by atoms with Gasteiger partial charge in [-0.3, -0.25) is 4.79 Å². The second-order valence-electron chi connectivity index (χ2n) is 3.62. The van der Waals surface area contributed by atoms with Gasteiger partial charge in [0.15, 0.2) is 5.78 Å². The molecule has 0 fully saturated rings. The van der Waals surface area contributed by atoms with Crippen LogP contribution in [0, 0.1) is 0 Å². The number of ketones is 1. The first kappa shape index (κ1) is 13.6. The quantitative estimate of drug-likeness (QED) is 0.818. The molecule has 0 aromatic carbocycles. The maximum Gasteiger partial charge on any atom is 0.389 e. The Labute approximate surface area is 95.8 Å². The number of Topliss-reactive ketones (excluding diaryl/α,β-unsaturated/α-hetero) is 1. The number of hydrogen-bond acceptors (Lipinski definition) is 4. The van der Waals surface area contributed by atoms with E-state index >= 15 is 0 Å². The Morgan fingerprint density at radius 2 is 2.18 bits per heavy atom. The summed E-state index contributed by atoms with van der Waals surface area (Å²) in [5.41, 5.74) is 5.83. The van der Waals surface area contributed by atoms with Gasteiger partial charge in [-0.15, -0.1) is 5.10 Å². The zero-order valence-corrected chi connectivity index (χ0v) is 9.07. The highest BCUT2D eigenvalue weighted by Crippen LogP contribution is 2.22. The monoisotopic (exact) mass is 250 g/mol. The number of carbonyl (C=O) groups is 1. The van der Waals surface area contributed by atoms with E-state index < -0.39 is 12.6 Å². The van der Waals surface area contributed by atoms with Gasteiger partial charge < -0.3 is 5.73 Å². The molecule has 1 aromatic heterocycles. The van der Waals surface area contributed by atoms with Crippen LogP contribution in [0.2, 0.25) is 0 Å². The molecule has 0 spiro atoms. The van der Waals surface area contributed by atoms with E-state index in [1.54, 1.807) is 0 Å². The second-order valence-corrected chi connectivity index (χ2v) is 3.62. The largest absolute Gasteiger partial charge is 0.389 e. The van der Waals surface area contributed by atoms with Gasteiger partial charge in [0.2, 0.25) is 0 Å². The molecule has 1 rings (SSSR count). The van der Waals surface area contributed by atoms with Gasteiger partial charge >= 0.3 is 6.18 Å². The molecule has 0 bridgehead atoms. The van der Waals surface area contributed by atoms with Crippen LogP contribution in [0.3, 0.4) is 0 Å². The van der Waals surface area contributed by atoms with Crippen molar-refractivity contribution in [2.45, 2.75) is 38.5 Å². The predicted octanol–water partition coefficient (Wildman–Crippen LogP) is 1.04. The number of halogens is 3. The van der Waals surface area contributed by atoms with E-state index in [1.165, 1.54) is 10.9 Å². The van der Waals surface area contributed by atoms with Gasteiger partial charge in [0.1, 0.15) is 6.54 Å². The van der Waals surface area contributed by atoms with Crippen LogP contribution in [0.25, 0.3) is 0 Å². The lowest BCUT2D eigenvalue weighted by atomic mass is 10.2. The summed E-state index contributed by atoms with van der Waals surface area (Å²) in [5, 5.41) is 7.29. The van der Waals surface area contributed by atoms with E-state index in [4.69, 9.17) is 5.73 Å². The molecule has 1 aromatic rings. The van der Waals surface area contributed by atoms with Gasteiger partial charge in [0.25, 0.3) is 0 Å². The van der Waals surface area contributed by atoms with Crippen molar-refractivity contribution in [2.24, 2.45) is 5.73 Å². The molecular formula is C9H13F3N4O. The molecule has 0 amide bonds. The standard InChI is InChI=1S/C9H13F3N4O/c10-9(11,12)3-1-2-8(17)6-16-5-7(4-13)14-15-16/h5H,1-4,6,13H2. The van der Waals surface area contributed by atoms with Crippen molar-refractivity contribution in [1.29, 1.82) is 0 Å². The van der Waals surface area contributed by atoms with Crippen LogP contribution in [-0.2, 0) is 17.9 Å². The predicted molar refractivity (Wildman–Crippen MR) is 52.8 cm³/mol. The van der Waals surface area contributed by atoms with Crippen molar-refractivity contribution in [2.75, 3.05) is 0 Å². The van der Waals surface area contributed by atoms with E-state index in [0.717, 1.165) is 0 Å². The van der Waals surface area contributed by atoms with Crippen LogP contribution in [0.15, 0.2) is 6.20 Å². The average molecular weight is 250 g/mol. The van der Waals surface area contributed by atoms with E-state index in [-0.39, 0.29) is 31.7 Å². The minimum atomic E-state index is -4.21. The molecule has 2 N–H and O–H groups in total. The van der Waals surface area contributed by atoms with Crippen molar-refractivity contribution < 1.29 is 18.0 Å². The third-order valence-electron chi connectivity index (χ3n) is 2.05. The van der Waals surface area contributed by atoms with Crippen molar-refractivity contribution in [3.63, 3.8) is 0 Å². The van der Waals surface area contributed by atoms with Gasteiger partial charge in [-0.2, -0.15) is 13.2 Å². The minimum absolute atomic E-state index is 0.0646. The number of alkyl halides is 3. The summed E-state index contributed by atoms with van der Waals surface area (Å²) >= 11 is 0. The first-order valence-corrected chi connectivity index (χ1v) is 5.08. The Morgan fingerprint density at radius 3 is 2.71 bits per heavy atom. The first-order chi connectivity index (χ1) is 7.90. The summed E-state index contributed by atoms with van der Waals surface area (Å²) in [5.74, 6) is -0.303. The fourth-order valence-electron chi connectivity index (χ4n) is 1.26. The Morgan fingerprint density at radius 1 is 1.47 bits per heavy atom. The van der Waals surface area contributed by atoms with Gasteiger partial charge in [0.05, 0.1) is 11.9 Å². The maximum atomic E-state index is 11.8. The zero-order chi connectivity index (χ0) is 12.9. The minimum Gasteiger partial charge on any atom is -0.325 e. The Kier molecular flexibility index (Phi) is 4.62. The summed E-state index contributed by atoms with van der Waals surface area (Å²) in [7, 11) is 0. The molecule has 0 saturated heterocycles. The summed E-state index contributed by atoms with van der Waals surface area (Å²) < 4.78 is 36.8. The molecule has 96 valence electrons. The molecule has 8 heteroatoms. The molecule has 1 heterocycles. The summed E-state index contributed by atoms with van der Waals surface area (Å²) in [6.45, 7) is 0.146. The normalized spacial score (nSPS) is 11.8. The van der Waals surface area contributed by atoms with Crippen LogP contribution < -0.4 is 5.73 Å². The lowest BCUT2D eigenvalue weighted by molar-refractivity contribution is -0.137. The number of rotatable bonds is 6. The number of carbonyl (C=O) groups excluding carboxylic acids is 1. The lowest BCUT2D eigenvalue weighted by Gasteiger charge is -2.04. The van der Waals surface area contributed by atoms with Crippen LogP contribution in [0.4, 0.5) is 13.2 Å². The highest BCUT2D eigenvalue weighted by Gasteiger charge is 2.26. The molecule has 17 heavy (non-hydrogen) atoms. The van der Waals surface area contributed by atoms with E-state index in [2.05, 4.69) is 10.3 Å². The number of aromatic nitrogens is 3. The lowest BCUT2D eigenvalue weighted by Crippen LogP contribution is -2.13. The van der Waals surface area contributed by atoms with E-state index in [9.17, 15) is 18.0 Å². The first-order valence-electron chi connectivity index (χ1n) is 5.08. The molecule has 0 saturated carbocycles. The molecule has 0 unspecified atom stereocenters. The Balaban J connectivity index is 2.30. The van der Waals surface area contributed by atoms with Crippen molar-refractivity contribution in [3.8, 4) is 0 Å². The fourth-order valence-corrected chi connectivity index (χ4v) is 1.26. The highest BCUT2D eigenvalue weighted by atomic mass is 19.4. The molecule has 0 atom stereocenters. The molecule has 5 nitrogen and oxygen atoms in total. The number of nitrogens with zero attached hydrogens (tertiary/aromatic N) is 3. The summed E-state index contributed by atoms with van der Waals surface area (Å²) in [6.07, 6.45) is -3.95. The molecule has 0 aliphatic rings. The Hall–Kier alpha value is -1.44. The second kappa shape index (κ2) is 5.76. The van der Waals surface area contributed by atoms with E-state index in [0.29, 0.717) is 5.69 Å². The van der Waals surface area contributed by atoms with E-state index in [1.807, 2.05) is 0 Å². The number of hydrogen-bond donors (Lipinski definition) is 1. The SMILES string of the molecule is NCc1cn(CC(=O)CCCC(F)(F)F)nn1. The molecular weight excluding hydrogens is 237 g/mol. The zero-order valence-electron chi connectivity index (χ0n) is 9.07. The molecule has 0 aliphatic carbocycles. The summed E-state index contributed by atoms with van der Waals surface area (Å²) in [6, 6.07) is 0. The third kappa shape index (κ3) is 5.43. The van der Waals surface area contributed by atoms with Gasteiger partial charge in [-0.1, -0.05) is 5.21 Å². The van der Waals surface area contributed by atoms with Crippen molar-refractivity contribution >= 4 is 5.78 Å². The van der Waals surface area contributed by atoms with Gasteiger partial charge in [0, 0.05) is 19.4 Å². The fraction of sp³-hybridized carbons (Fsp3) is 0.667. The number of nitrogens with two attached hydrogens (primary N) is 1. The van der Waals surface area contributed by atoms with Gasteiger partial charge in [-0.25, -0.2) is 4.68 Å². The summed E-state index contributed by atoms with van der Waals surface area (Å²) in [4.78, 5) is 11.3. The Bertz CT molecular complexity index is 375. The van der Waals surface area contributed by atoms with Crippen molar-refractivity contribution in [3.05, 3.63) is 11.9 Å². The maximum absolute atomic E-state index is 11.8. The van der Waals surface area contributed by atoms with Crippen LogP contribution in [0.1, 0.15) is 25.0 Å². The van der Waals surface area contributed by atoms with Crippen LogP contribution >= 0.6 is 0 Å². The smallest absolute Gasteiger partial charge is 0.325 e. The average Bonchev–Trinajstić information content (AvgIpc) is 2.63. The van der Waals surface area contributed by atoms with Crippen LogP contribution in [-0.4, -0.2) is 27.0 Å². The molecule has 0 radical (unpaired) electrons. The topological polar surface area (TPSA) is 73.8 Å².